The highest BCUT2D eigenvalue weighted by Crippen LogP contribution is 2.32. The highest BCUT2D eigenvalue weighted by atomic mass is 16.3. The van der Waals surface area contributed by atoms with Crippen molar-refractivity contribution in [3.8, 4) is 11.1 Å². The van der Waals surface area contributed by atoms with Crippen molar-refractivity contribution in [3.63, 3.8) is 0 Å². The van der Waals surface area contributed by atoms with Gasteiger partial charge in [-0.1, -0.05) is 39.0 Å². The Labute approximate surface area is 190 Å². The lowest BCUT2D eigenvalue weighted by molar-refractivity contribution is -0.113. The molecule has 1 amide bonds. The van der Waals surface area contributed by atoms with Crippen molar-refractivity contribution in [1.29, 1.82) is 0 Å². The summed E-state index contributed by atoms with van der Waals surface area (Å²) in [6.07, 6.45) is 5.99. The molecule has 1 aromatic carbocycles. The predicted octanol–water partition coefficient (Wildman–Crippen LogP) is 4.80. The van der Waals surface area contributed by atoms with E-state index in [0.717, 1.165) is 28.5 Å². The van der Waals surface area contributed by atoms with Gasteiger partial charge in [0, 0.05) is 41.5 Å². The molecule has 166 valence electrons. The number of benzene rings is 1. The Morgan fingerprint density at radius 3 is 2.64 bits per heavy atom. The highest BCUT2D eigenvalue weighted by Gasteiger charge is 2.25. The van der Waals surface area contributed by atoms with Gasteiger partial charge in [0.1, 0.15) is 11.3 Å². The number of ketones is 1. The number of hydrogen-bond acceptors (Lipinski definition) is 5. The molecular formula is C25H23N5O3. The number of nitrogens with zero attached hydrogens (tertiary/aromatic N) is 4. The zero-order valence-electron chi connectivity index (χ0n) is 18.8. The van der Waals surface area contributed by atoms with Crippen LogP contribution < -0.4 is 0 Å². The number of H-pyrrole nitrogens is 1. The van der Waals surface area contributed by atoms with Crippen LogP contribution in [0.15, 0.2) is 60.0 Å². The van der Waals surface area contributed by atoms with Crippen LogP contribution in [-0.4, -0.2) is 31.4 Å². The Morgan fingerprint density at radius 1 is 1.15 bits per heavy atom. The van der Waals surface area contributed by atoms with Gasteiger partial charge in [0.25, 0.3) is 0 Å². The van der Waals surface area contributed by atoms with Crippen molar-refractivity contribution in [2.75, 3.05) is 0 Å². The van der Waals surface area contributed by atoms with Crippen molar-refractivity contribution in [2.24, 2.45) is 12.2 Å². The summed E-state index contributed by atoms with van der Waals surface area (Å²) in [5, 5.41) is 7.60. The fraction of sp³-hybridized carbons (Fsp3) is 0.200. The average Bonchev–Trinajstić information content (AvgIpc) is 3.41. The zero-order valence-corrected chi connectivity index (χ0v) is 18.8. The summed E-state index contributed by atoms with van der Waals surface area (Å²) in [7, 11) is 1.77. The molecule has 0 fully saturated rings. The van der Waals surface area contributed by atoms with E-state index in [1.165, 1.54) is 6.08 Å². The molecule has 0 aliphatic heterocycles. The Kier molecular flexibility index (Phi) is 5.59. The first-order chi connectivity index (χ1) is 15.7. The smallest absolute Gasteiger partial charge is 0.309 e. The maximum absolute atomic E-state index is 13.5. The van der Waals surface area contributed by atoms with Gasteiger partial charge in [-0.2, -0.15) is 5.10 Å². The molecule has 4 aromatic rings. The molecular weight excluding hydrogens is 418 g/mol. The van der Waals surface area contributed by atoms with Gasteiger partial charge in [-0.3, -0.25) is 14.3 Å². The summed E-state index contributed by atoms with van der Waals surface area (Å²) in [6, 6.07) is 11.1. The summed E-state index contributed by atoms with van der Waals surface area (Å²) >= 11 is 0. The molecule has 4 rings (SSSR count). The van der Waals surface area contributed by atoms with E-state index in [2.05, 4.69) is 41.0 Å². The minimum atomic E-state index is -0.851. The molecule has 0 atom stereocenters. The summed E-state index contributed by atoms with van der Waals surface area (Å²) < 4.78 is 1.61. The van der Waals surface area contributed by atoms with Crippen LogP contribution in [0.1, 0.15) is 48.1 Å². The SMILES string of the molecule is Cn1nc(C(C)(C)C)cc1C(=O)c1c[nH]c2nccc(-c3cccc(/C=C/C(=O)N=O)c3)c12. The Hall–Kier alpha value is -4.20. The van der Waals surface area contributed by atoms with Gasteiger partial charge in [-0.25, -0.2) is 4.98 Å². The monoisotopic (exact) mass is 441 g/mol. The Morgan fingerprint density at radius 2 is 1.94 bits per heavy atom. The number of nitroso groups, excluding NO2 is 1. The lowest BCUT2D eigenvalue weighted by atomic mass is 9.91. The second-order valence-electron chi connectivity index (χ2n) is 8.79. The molecule has 8 nitrogen and oxygen atoms in total. The molecule has 0 unspecified atom stereocenters. The summed E-state index contributed by atoms with van der Waals surface area (Å²) in [6.45, 7) is 6.16. The van der Waals surface area contributed by atoms with Gasteiger partial charge in [0.05, 0.1) is 11.3 Å². The van der Waals surface area contributed by atoms with Gasteiger partial charge < -0.3 is 4.98 Å². The van der Waals surface area contributed by atoms with Crippen LogP contribution in [0.25, 0.3) is 28.2 Å². The number of aromatic amines is 1. The zero-order chi connectivity index (χ0) is 23.8. The van der Waals surface area contributed by atoms with Crippen molar-refractivity contribution in [1.82, 2.24) is 19.7 Å². The number of carbonyl (C=O) groups excluding carboxylic acids is 2. The number of pyridine rings is 1. The first-order valence-electron chi connectivity index (χ1n) is 10.4. The van der Waals surface area contributed by atoms with Crippen LogP contribution in [0.3, 0.4) is 0 Å². The second-order valence-corrected chi connectivity index (χ2v) is 8.79. The molecule has 3 heterocycles. The third kappa shape index (κ3) is 4.27. The largest absolute Gasteiger partial charge is 0.345 e. The van der Waals surface area contributed by atoms with Crippen LogP contribution in [0, 0.1) is 4.91 Å². The molecule has 0 aliphatic rings. The highest BCUT2D eigenvalue weighted by molar-refractivity contribution is 6.18. The lowest BCUT2D eigenvalue weighted by Crippen LogP contribution is -2.12. The number of amides is 1. The van der Waals surface area contributed by atoms with E-state index in [1.807, 2.05) is 36.4 Å². The average molecular weight is 441 g/mol. The van der Waals surface area contributed by atoms with E-state index in [-0.39, 0.29) is 11.2 Å². The van der Waals surface area contributed by atoms with Crippen LogP contribution in [0.4, 0.5) is 0 Å². The number of fused-ring (bicyclic) bond motifs is 1. The molecule has 1 N–H and O–H groups in total. The summed E-state index contributed by atoms with van der Waals surface area (Å²) in [5.74, 6) is -1.00. The Bertz CT molecular complexity index is 1420. The van der Waals surface area contributed by atoms with Crippen molar-refractivity contribution >= 4 is 28.8 Å². The third-order valence-electron chi connectivity index (χ3n) is 5.41. The second kappa shape index (κ2) is 8.38. The minimum absolute atomic E-state index is 0.153. The molecule has 0 saturated heterocycles. The van der Waals surface area contributed by atoms with Crippen molar-refractivity contribution in [2.45, 2.75) is 26.2 Å². The normalized spacial score (nSPS) is 11.9. The van der Waals surface area contributed by atoms with Gasteiger partial charge in [-0.05, 0) is 41.0 Å². The number of carbonyl (C=O) groups is 2. The number of aryl methyl sites for hydroxylation is 1. The van der Waals surface area contributed by atoms with Crippen molar-refractivity contribution < 1.29 is 9.59 Å². The quantitative estimate of drug-likeness (QED) is 0.272. The molecule has 33 heavy (non-hydrogen) atoms. The molecule has 0 saturated carbocycles. The standard InChI is InChI=1S/C25H23N5O3/c1-25(2,3)20-13-19(30(4)28-20)23(32)18-14-27-24-22(18)17(10-11-26-24)16-7-5-6-15(12-16)8-9-21(31)29-33/h5-14H,1-4H3,(H,26,27)/b9-8+. The maximum atomic E-state index is 13.5. The molecule has 3 aromatic heterocycles. The van der Waals surface area contributed by atoms with Crippen LogP contribution in [0.2, 0.25) is 0 Å². The summed E-state index contributed by atoms with van der Waals surface area (Å²) in [5.41, 5.74) is 4.62. The van der Waals surface area contributed by atoms with Gasteiger partial charge in [0.15, 0.2) is 0 Å². The van der Waals surface area contributed by atoms with E-state index in [1.54, 1.807) is 24.1 Å². The third-order valence-corrected chi connectivity index (χ3v) is 5.41. The predicted molar refractivity (Wildman–Crippen MR) is 127 cm³/mol. The first-order valence-corrected chi connectivity index (χ1v) is 10.4. The van der Waals surface area contributed by atoms with E-state index in [4.69, 9.17) is 0 Å². The van der Waals surface area contributed by atoms with E-state index in [0.29, 0.717) is 22.3 Å². The van der Waals surface area contributed by atoms with Crippen LogP contribution in [-0.2, 0) is 17.3 Å². The lowest BCUT2D eigenvalue weighted by Gasteiger charge is -2.13. The fourth-order valence-corrected chi connectivity index (χ4v) is 3.67. The molecule has 0 spiro atoms. The molecule has 8 heteroatoms. The number of hydrogen-bond donors (Lipinski definition) is 1. The number of rotatable bonds is 5. The number of nitrogens with one attached hydrogen (secondary N) is 1. The summed E-state index contributed by atoms with van der Waals surface area (Å²) in [4.78, 5) is 42.6. The fourth-order valence-electron chi connectivity index (χ4n) is 3.67. The van der Waals surface area contributed by atoms with Gasteiger partial charge >= 0.3 is 5.91 Å². The van der Waals surface area contributed by atoms with Crippen molar-refractivity contribution in [3.05, 3.63) is 82.3 Å². The van der Waals surface area contributed by atoms with E-state index < -0.39 is 5.91 Å². The number of aromatic nitrogens is 4. The topological polar surface area (TPSA) is 110 Å². The molecule has 0 radical (unpaired) electrons. The minimum Gasteiger partial charge on any atom is -0.345 e. The van der Waals surface area contributed by atoms with E-state index in [9.17, 15) is 14.5 Å². The molecule has 0 aliphatic carbocycles. The van der Waals surface area contributed by atoms with E-state index >= 15 is 0 Å². The van der Waals surface area contributed by atoms with Gasteiger partial charge in [0.2, 0.25) is 5.78 Å². The first kappa shape index (κ1) is 22.0. The van der Waals surface area contributed by atoms with Crippen LogP contribution in [0.5, 0.6) is 0 Å². The van der Waals surface area contributed by atoms with Gasteiger partial charge in [-0.15, -0.1) is 4.91 Å². The Balaban J connectivity index is 1.82. The van der Waals surface area contributed by atoms with Crippen LogP contribution >= 0.6 is 0 Å². The maximum Gasteiger partial charge on any atom is 0.309 e. The molecule has 0 bridgehead atoms.